The van der Waals surface area contributed by atoms with Gasteiger partial charge in [-0.05, 0) is 51.9 Å². The van der Waals surface area contributed by atoms with E-state index in [1.807, 2.05) is 19.9 Å². The molecular formula is C28H48N4O5. The molecule has 0 radical (unpaired) electrons. The van der Waals surface area contributed by atoms with Gasteiger partial charge in [-0.15, -0.1) is 0 Å². The van der Waals surface area contributed by atoms with E-state index in [0.29, 0.717) is 25.8 Å². The number of alkyl carbamates (subject to hydrolysis) is 1. The lowest BCUT2D eigenvalue weighted by Gasteiger charge is -2.33. The molecule has 2 aliphatic heterocycles. The molecule has 0 spiro atoms. The third-order valence-electron chi connectivity index (χ3n) is 7.44. The zero-order chi connectivity index (χ0) is 27.6. The largest absolute Gasteiger partial charge is 0.444 e. The van der Waals surface area contributed by atoms with Crippen LogP contribution in [0.4, 0.5) is 4.79 Å². The van der Waals surface area contributed by atoms with Crippen LogP contribution in [0.2, 0.25) is 0 Å². The lowest BCUT2D eigenvalue weighted by atomic mass is 9.87. The molecule has 0 aliphatic carbocycles. The van der Waals surface area contributed by atoms with Gasteiger partial charge in [-0.25, -0.2) is 4.79 Å². The second kappa shape index (κ2) is 14.6. The van der Waals surface area contributed by atoms with E-state index < -0.39 is 35.9 Å². The molecule has 3 amide bonds. The Morgan fingerprint density at radius 1 is 1.05 bits per heavy atom. The summed E-state index contributed by atoms with van der Waals surface area (Å²) < 4.78 is 5.43. The lowest BCUT2D eigenvalue weighted by molar-refractivity contribution is -0.142. The summed E-state index contributed by atoms with van der Waals surface area (Å²) in [5.74, 6) is -0.535. The maximum atomic E-state index is 13.8. The molecule has 2 rings (SSSR count). The number of aliphatic hydroxyl groups excluding tert-OH is 1. The molecule has 0 aromatic rings. The fourth-order valence-electron chi connectivity index (χ4n) is 5.45. The minimum Gasteiger partial charge on any atom is -0.444 e. The van der Waals surface area contributed by atoms with Crippen molar-refractivity contribution in [3.05, 3.63) is 0 Å². The molecule has 37 heavy (non-hydrogen) atoms. The van der Waals surface area contributed by atoms with Crippen molar-refractivity contribution in [3.63, 3.8) is 0 Å². The number of rotatable bonds is 3. The Balaban J connectivity index is 2.33. The molecule has 210 valence electrons. The molecule has 9 nitrogen and oxygen atoms in total. The maximum absolute atomic E-state index is 13.8. The Bertz CT molecular complexity index is 803. The summed E-state index contributed by atoms with van der Waals surface area (Å²) in [5.41, 5.74) is -0.695. The first-order valence-electron chi connectivity index (χ1n) is 14.1. The van der Waals surface area contributed by atoms with E-state index >= 15 is 0 Å². The normalized spacial score (nSPS) is 28.0. The number of aliphatic hydroxyl groups is 1. The fourth-order valence-corrected chi connectivity index (χ4v) is 5.45. The molecule has 0 aromatic carbocycles. The van der Waals surface area contributed by atoms with Crippen molar-refractivity contribution in [1.29, 1.82) is 5.26 Å². The number of nitrogens with zero attached hydrogens (tertiary/aromatic N) is 2. The molecule has 1 unspecified atom stereocenters. The SMILES string of the molecule is CC(C)[C@H]1CCN2C(=O)[C@@H](NC(=O)OC(C)(C)C)CCCCCCCCCC[C@@H](C(O)C#N)NC(=O)[C@H]12. The van der Waals surface area contributed by atoms with Gasteiger partial charge >= 0.3 is 6.09 Å². The van der Waals surface area contributed by atoms with Crippen molar-refractivity contribution in [2.75, 3.05) is 6.54 Å². The van der Waals surface area contributed by atoms with Gasteiger partial charge in [0.05, 0.1) is 12.1 Å². The number of hydrogen-bond donors (Lipinski definition) is 3. The number of fused-ring (bicyclic) bond motifs is 1. The van der Waals surface area contributed by atoms with Crippen LogP contribution in [0.5, 0.6) is 0 Å². The Kier molecular flexibility index (Phi) is 12.2. The van der Waals surface area contributed by atoms with Crippen molar-refractivity contribution >= 4 is 17.9 Å². The summed E-state index contributed by atoms with van der Waals surface area (Å²) in [4.78, 5) is 41.6. The van der Waals surface area contributed by atoms with Gasteiger partial charge in [0.2, 0.25) is 11.8 Å². The zero-order valence-corrected chi connectivity index (χ0v) is 23.4. The van der Waals surface area contributed by atoms with E-state index in [2.05, 4.69) is 10.6 Å². The van der Waals surface area contributed by atoms with Crippen LogP contribution in [0.25, 0.3) is 0 Å². The van der Waals surface area contributed by atoms with Gasteiger partial charge in [0.1, 0.15) is 17.7 Å². The van der Waals surface area contributed by atoms with Crippen LogP contribution in [0.1, 0.15) is 105 Å². The van der Waals surface area contributed by atoms with E-state index in [1.54, 1.807) is 25.7 Å². The summed E-state index contributed by atoms with van der Waals surface area (Å²) in [6, 6.07) is -0.329. The number of ether oxygens (including phenoxy) is 1. The molecule has 2 aliphatic rings. The summed E-state index contributed by atoms with van der Waals surface area (Å²) in [5, 5.41) is 25.3. The second-order valence-electron chi connectivity index (χ2n) is 12.0. The third-order valence-corrected chi connectivity index (χ3v) is 7.44. The first-order chi connectivity index (χ1) is 17.4. The summed E-state index contributed by atoms with van der Waals surface area (Å²) in [6.45, 7) is 9.80. The molecule has 5 atom stereocenters. The Hall–Kier alpha value is -2.34. The van der Waals surface area contributed by atoms with Crippen LogP contribution in [-0.2, 0) is 14.3 Å². The average Bonchev–Trinajstić information content (AvgIpc) is 3.26. The maximum Gasteiger partial charge on any atom is 0.408 e. The third kappa shape index (κ3) is 9.81. The summed E-state index contributed by atoms with van der Waals surface area (Å²) in [7, 11) is 0. The van der Waals surface area contributed by atoms with Crippen LogP contribution in [0.15, 0.2) is 0 Å². The van der Waals surface area contributed by atoms with Crippen molar-refractivity contribution in [1.82, 2.24) is 15.5 Å². The number of nitriles is 1. The molecule has 2 saturated heterocycles. The molecule has 0 saturated carbocycles. The second-order valence-corrected chi connectivity index (χ2v) is 12.0. The topological polar surface area (TPSA) is 132 Å². The smallest absolute Gasteiger partial charge is 0.408 e. The van der Waals surface area contributed by atoms with E-state index in [4.69, 9.17) is 4.74 Å². The van der Waals surface area contributed by atoms with Crippen LogP contribution >= 0.6 is 0 Å². The van der Waals surface area contributed by atoms with Gasteiger partial charge in [-0.3, -0.25) is 9.59 Å². The van der Waals surface area contributed by atoms with Crippen molar-refractivity contribution in [2.24, 2.45) is 11.8 Å². The first-order valence-corrected chi connectivity index (χ1v) is 14.1. The molecule has 2 fully saturated rings. The molecule has 3 N–H and O–H groups in total. The lowest BCUT2D eigenvalue weighted by Crippen LogP contribution is -2.57. The molecule has 2 heterocycles. The van der Waals surface area contributed by atoms with Gasteiger partial charge in [0.15, 0.2) is 6.10 Å². The summed E-state index contributed by atoms with van der Waals surface area (Å²) in [6.07, 6.45) is 7.59. The van der Waals surface area contributed by atoms with E-state index in [-0.39, 0.29) is 23.7 Å². The van der Waals surface area contributed by atoms with Crippen LogP contribution in [0.3, 0.4) is 0 Å². The van der Waals surface area contributed by atoms with Gasteiger partial charge in [-0.2, -0.15) is 5.26 Å². The van der Waals surface area contributed by atoms with Gasteiger partial charge in [0.25, 0.3) is 0 Å². The number of nitrogens with one attached hydrogen (secondary N) is 2. The van der Waals surface area contributed by atoms with Crippen LogP contribution in [-0.4, -0.2) is 64.3 Å². The standard InChI is InChI=1S/C28H48N4O5/c1-19(2)20-16-17-32-24(20)25(34)30-21(23(33)18-29)14-12-10-8-6-7-9-11-13-15-22(26(32)35)31-27(36)37-28(3,4)5/h19-24,33H,6-17H2,1-5H3,(H,30,34)(H,31,36)/t20-,21+,22+,23?,24+/m1/s1. The number of carbonyl (C=O) groups excluding carboxylic acids is 3. The number of carbonyl (C=O) groups is 3. The highest BCUT2D eigenvalue weighted by atomic mass is 16.6. The van der Waals surface area contributed by atoms with E-state index in [1.165, 1.54) is 0 Å². The minimum atomic E-state index is -1.31. The van der Waals surface area contributed by atoms with E-state index in [9.17, 15) is 24.8 Å². The predicted molar refractivity (Wildman–Crippen MR) is 141 cm³/mol. The fraction of sp³-hybridized carbons (Fsp3) is 0.857. The van der Waals surface area contributed by atoms with Gasteiger partial charge in [-0.1, -0.05) is 65.2 Å². The highest BCUT2D eigenvalue weighted by molar-refractivity contribution is 5.92. The average molecular weight is 521 g/mol. The van der Waals surface area contributed by atoms with Gasteiger partial charge < -0.3 is 25.4 Å². The number of amides is 3. The number of hydrogen-bond acceptors (Lipinski definition) is 6. The molecule has 0 bridgehead atoms. The highest BCUT2D eigenvalue weighted by Gasteiger charge is 2.45. The Labute approximate surface area is 222 Å². The first kappa shape index (κ1) is 30.9. The van der Waals surface area contributed by atoms with Crippen molar-refractivity contribution < 1.29 is 24.2 Å². The molecular weight excluding hydrogens is 472 g/mol. The van der Waals surface area contributed by atoms with Crippen LogP contribution in [0, 0.1) is 23.2 Å². The summed E-state index contributed by atoms with van der Waals surface area (Å²) >= 11 is 0. The Morgan fingerprint density at radius 2 is 1.62 bits per heavy atom. The molecule has 9 heteroatoms. The quantitative estimate of drug-likeness (QED) is 0.481. The molecule has 0 aromatic heterocycles. The van der Waals surface area contributed by atoms with E-state index in [0.717, 1.165) is 51.4 Å². The van der Waals surface area contributed by atoms with Crippen molar-refractivity contribution in [2.45, 2.75) is 135 Å². The highest BCUT2D eigenvalue weighted by Crippen LogP contribution is 2.32. The zero-order valence-electron chi connectivity index (χ0n) is 23.4. The predicted octanol–water partition coefficient (Wildman–Crippen LogP) is 4.04. The monoisotopic (exact) mass is 520 g/mol. The minimum absolute atomic E-state index is 0.0620. The van der Waals surface area contributed by atoms with Crippen LogP contribution < -0.4 is 10.6 Å². The Morgan fingerprint density at radius 3 is 2.16 bits per heavy atom. The van der Waals surface area contributed by atoms with Gasteiger partial charge in [0, 0.05) is 6.54 Å². The van der Waals surface area contributed by atoms with Crippen molar-refractivity contribution in [3.8, 4) is 6.07 Å².